The van der Waals surface area contributed by atoms with Crippen molar-refractivity contribution in [3.63, 3.8) is 0 Å². The number of pyridine rings is 1. The standard InChI is InChI=1S/C64H56F2N4O/c1-40(2)55-33-43(42-17-9-8-10-18-42)34-56(41(3)4)63(55)45-31-49(68-39-69(60-24-16-15-23-59(60)68)57-21-13-11-19-52(57)44-29-47(65)36-48(66)30-44)37-51(32-45)71-50-25-26-54-53-20-12-14-22-58(53)70(61(54)38-50)62-35-46(27-28-67-62)64(5,6)7/h8-38,40-41H,39H2,1-7H3. The van der Waals surface area contributed by atoms with Crippen LogP contribution >= 0.6 is 0 Å². The predicted octanol–water partition coefficient (Wildman–Crippen LogP) is 18.0. The van der Waals surface area contributed by atoms with Gasteiger partial charge < -0.3 is 14.5 Å². The van der Waals surface area contributed by atoms with Crippen molar-refractivity contribution < 1.29 is 13.5 Å². The first-order valence-corrected chi connectivity index (χ1v) is 24.6. The van der Waals surface area contributed by atoms with E-state index in [0.29, 0.717) is 23.7 Å². The lowest BCUT2D eigenvalue weighted by atomic mass is 9.82. The SMILES string of the molecule is CC(C)c1cc(-c2ccccc2)cc(C(C)C)c1-c1cc(Oc2ccc3c4ccccc4n(-c4cc(C(C)(C)C)ccn4)c3c2)cc(N2CN(c3ccccc3-c3cc(F)cc(F)c3)c3ccccc32)c1. The van der Waals surface area contributed by atoms with Gasteiger partial charge in [-0.05, 0) is 135 Å². The molecule has 352 valence electrons. The summed E-state index contributed by atoms with van der Waals surface area (Å²) in [6, 6.07) is 61.0. The number of nitrogens with zero attached hydrogens (tertiary/aromatic N) is 4. The lowest BCUT2D eigenvalue weighted by molar-refractivity contribution is 0.483. The molecule has 0 N–H and O–H groups in total. The Kier molecular flexibility index (Phi) is 11.5. The Balaban J connectivity index is 1.09. The molecule has 2 aromatic heterocycles. The third-order valence-electron chi connectivity index (χ3n) is 13.9. The first kappa shape index (κ1) is 45.4. The molecule has 0 unspecified atom stereocenters. The Morgan fingerprint density at radius 3 is 1.85 bits per heavy atom. The monoisotopic (exact) mass is 934 g/mol. The van der Waals surface area contributed by atoms with Crippen molar-refractivity contribution in [1.29, 1.82) is 0 Å². The van der Waals surface area contributed by atoms with E-state index < -0.39 is 11.6 Å². The van der Waals surface area contributed by atoms with Gasteiger partial charge in [0.2, 0.25) is 0 Å². The van der Waals surface area contributed by atoms with Crippen molar-refractivity contribution in [1.82, 2.24) is 9.55 Å². The quantitative estimate of drug-likeness (QED) is 0.137. The maximum atomic E-state index is 14.8. The van der Waals surface area contributed by atoms with Gasteiger partial charge >= 0.3 is 0 Å². The fourth-order valence-corrected chi connectivity index (χ4v) is 10.4. The second-order valence-electron chi connectivity index (χ2n) is 20.4. The van der Waals surface area contributed by atoms with Crippen LogP contribution in [0.2, 0.25) is 0 Å². The second-order valence-corrected chi connectivity index (χ2v) is 20.4. The van der Waals surface area contributed by atoms with Crippen LogP contribution in [0.5, 0.6) is 11.5 Å². The van der Waals surface area contributed by atoms with E-state index in [1.54, 1.807) is 0 Å². The largest absolute Gasteiger partial charge is 0.457 e. The van der Waals surface area contributed by atoms with Crippen molar-refractivity contribution in [2.45, 2.75) is 65.7 Å². The molecule has 0 amide bonds. The van der Waals surface area contributed by atoms with Gasteiger partial charge in [-0.25, -0.2) is 13.8 Å². The number of anilines is 4. The Labute approximate surface area is 415 Å². The number of aromatic nitrogens is 2. The first-order chi connectivity index (χ1) is 34.3. The highest BCUT2D eigenvalue weighted by atomic mass is 19.1. The minimum Gasteiger partial charge on any atom is -0.457 e. The van der Waals surface area contributed by atoms with Crippen LogP contribution in [0.3, 0.4) is 0 Å². The molecule has 0 atom stereocenters. The summed E-state index contributed by atoms with van der Waals surface area (Å²) in [6.45, 7) is 16.2. The number of halogens is 2. The molecule has 3 heterocycles. The topological polar surface area (TPSA) is 33.5 Å². The van der Waals surface area contributed by atoms with Crippen LogP contribution in [0.1, 0.15) is 77.0 Å². The minimum atomic E-state index is -0.618. The van der Waals surface area contributed by atoms with Gasteiger partial charge in [-0.15, -0.1) is 0 Å². The van der Waals surface area contributed by atoms with Crippen molar-refractivity contribution in [3.05, 3.63) is 217 Å². The van der Waals surface area contributed by atoms with Gasteiger partial charge in [0.05, 0.1) is 28.1 Å². The molecule has 1 aliphatic heterocycles. The smallest absolute Gasteiger partial charge is 0.137 e. The molecule has 0 fully saturated rings. The van der Waals surface area contributed by atoms with Gasteiger partial charge in [0, 0.05) is 46.4 Å². The molecule has 0 radical (unpaired) electrons. The van der Waals surface area contributed by atoms with Crippen molar-refractivity contribution in [2.75, 3.05) is 16.5 Å². The number of fused-ring (bicyclic) bond motifs is 4. The van der Waals surface area contributed by atoms with Crippen LogP contribution in [0.15, 0.2) is 188 Å². The predicted molar refractivity (Wildman–Crippen MR) is 290 cm³/mol. The Hall–Kier alpha value is -8.03. The number of hydrogen-bond donors (Lipinski definition) is 0. The van der Waals surface area contributed by atoms with Gasteiger partial charge in [0.1, 0.15) is 35.6 Å². The number of rotatable bonds is 10. The highest BCUT2D eigenvalue weighted by Crippen LogP contribution is 2.50. The molecule has 1 aliphatic rings. The molecule has 71 heavy (non-hydrogen) atoms. The summed E-state index contributed by atoms with van der Waals surface area (Å²) in [6.07, 6.45) is 1.91. The second kappa shape index (κ2) is 18.1. The van der Waals surface area contributed by atoms with E-state index in [1.165, 1.54) is 45.5 Å². The molecule has 0 saturated heterocycles. The minimum absolute atomic E-state index is 0.0584. The van der Waals surface area contributed by atoms with E-state index in [1.807, 2.05) is 36.5 Å². The average Bonchev–Trinajstić information content (AvgIpc) is 3.92. The molecular formula is C64H56F2N4O. The summed E-state index contributed by atoms with van der Waals surface area (Å²) >= 11 is 0. The molecule has 0 saturated carbocycles. The van der Waals surface area contributed by atoms with Gasteiger partial charge in [-0.1, -0.05) is 139 Å². The third kappa shape index (κ3) is 8.50. The fraction of sp³-hybridized carbons (Fsp3) is 0.172. The van der Waals surface area contributed by atoms with E-state index in [-0.39, 0.29) is 17.3 Å². The van der Waals surface area contributed by atoms with Gasteiger partial charge in [0.25, 0.3) is 0 Å². The molecule has 7 heteroatoms. The van der Waals surface area contributed by atoms with Gasteiger partial charge in [-0.2, -0.15) is 0 Å². The maximum Gasteiger partial charge on any atom is 0.137 e. The number of ether oxygens (including phenoxy) is 1. The Morgan fingerprint density at radius 1 is 0.507 bits per heavy atom. The molecule has 10 aromatic rings. The zero-order valence-electron chi connectivity index (χ0n) is 41.2. The number of hydrogen-bond acceptors (Lipinski definition) is 4. The molecule has 0 spiro atoms. The van der Waals surface area contributed by atoms with Crippen molar-refractivity contribution >= 4 is 44.6 Å². The summed E-state index contributed by atoms with van der Waals surface area (Å²) < 4.78 is 39.0. The summed E-state index contributed by atoms with van der Waals surface area (Å²) in [5.41, 5.74) is 15.3. The van der Waals surface area contributed by atoms with Crippen LogP contribution in [0.4, 0.5) is 31.5 Å². The fourth-order valence-electron chi connectivity index (χ4n) is 10.4. The normalized spacial score (nSPS) is 12.7. The zero-order valence-corrected chi connectivity index (χ0v) is 41.2. The van der Waals surface area contributed by atoms with E-state index in [4.69, 9.17) is 9.72 Å². The first-order valence-electron chi connectivity index (χ1n) is 24.6. The van der Waals surface area contributed by atoms with Crippen LogP contribution in [-0.4, -0.2) is 16.2 Å². The molecule has 11 rings (SSSR count). The van der Waals surface area contributed by atoms with Crippen LogP contribution in [0, 0.1) is 11.6 Å². The Bertz CT molecular complexity index is 3590. The lowest BCUT2D eigenvalue weighted by Gasteiger charge is -2.26. The third-order valence-corrected chi connectivity index (χ3v) is 13.9. The average molecular weight is 935 g/mol. The van der Waals surface area contributed by atoms with E-state index in [9.17, 15) is 8.78 Å². The van der Waals surface area contributed by atoms with Crippen LogP contribution in [-0.2, 0) is 5.41 Å². The zero-order chi connectivity index (χ0) is 49.1. The van der Waals surface area contributed by atoms with Crippen molar-refractivity contribution in [2.24, 2.45) is 0 Å². The van der Waals surface area contributed by atoms with Crippen LogP contribution in [0.25, 0.3) is 61.0 Å². The Morgan fingerprint density at radius 2 is 1.14 bits per heavy atom. The lowest BCUT2D eigenvalue weighted by Crippen LogP contribution is -2.24. The summed E-state index contributed by atoms with van der Waals surface area (Å²) in [4.78, 5) is 9.47. The molecular weight excluding hydrogens is 879 g/mol. The van der Waals surface area contributed by atoms with Crippen molar-refractivity contribution in [3.8, 4) is 50.7 Å². The highest BCUT2D eigenvalue weighted by Gasteiger charge is 2.31. The van der Waals surface area contributed by atoms with E-state index in [0.717, 1.165) is 67.6 Å². The van der Waals surface area contributed by atoms with E-state index >= 15 is 0 Å². The maximum absolute atomic E-state index is 14.8. The van der Waals surface area contributed by atoms with Gasteiger partial charge in [0.15, 0.2) is 0 Å². The summed E-state index contributed by atoms with van der Waals surface area (Å²) in [5, 5.41) is 2.26. The number of benzene rings is 8. The molecule has 8 aromatic carbocycles. The molecule has 0 bridgehead atoms. The molecule has 0 aliphatic carbocycles. The highest BCUT2D eigenvalue weighted by molar-refractivity contribution is 6.09. The molecule has 5 nitrogen and oxygen atoms in total. The van der Waals surface area contributed by atoms with Gasteiger partial charge in [-0.3, -0.25) is 4.57 Å². The summed E-state index contributed by atoms with van der Waals surface area (Å²) in [7, 11) is 0. The summed E-state index contributed by atoms with van der Waals surface area (Å²) in [5.74, 6) is 1.43. The number of para-hydroxylation sites is 4. The van der Waals surface area contributed by atoms with E-state index in [2.05, 4.69) is 196 Å². The van der Waals surface area contributed by atoms with Crippen LogP contribution < -0.4 is 14.5 Å².